The maximum atomic E-state index is 12.9. The summed E-state index contributed by atoms with van der Waals surface area (Å²) in [6.45, 7) is 7.28. The van der Waals surface area contributed by atoms with E-state index < -0.39 is 10.0 Å². The molecule has 0 unspecified atom stereocenters. The second-order valence-corrected chi connectivity index (χ2v) is 9.85. The molecule has 4 rings (SSSR count). The Labute approximate surface area is 194 Å². The fraction of sp³-hybridized carbons (Fsp3) is 0.280. The van der Waals surface area contributed by atoms with Crippen LogP contribution in [0, 0.1) is 0 Å². The van der Waals surface area contributed by atoms with Crippen LogP contribution in [0.3, 0.4) is 0 Å². The van der Waals surface area contributed by atoms with Gasteiger partial charge in [0.1, 0.15) is 17.1 Å². The quantitative estimate of drug-likeness (QED) is 0.395. The first-order valence-electron chi connectivity index (χ1n) is 11.0. The van der Waals surface area contributed by atoms with Crippen molar-refractivity contribution >= 4 is 21.2 Å². The molecule has 0 aliphatic carbocycles. The first-order valence-corrected chi connectivity index (χ1v) is 12.5. The molecule has 7 nitrogen and oxygen atoms in total. The van der Waals surface area contributed by atoms with Crippen LogP contribution in [0.1, 0.15) is 43.6 Å². The summed E-state index contributed by atoms with van der Waals surface area (Å²) in [7, 11) is -3.68. The Morgan fingerprint density at radius 2 is 1.76 bits per heavy atom. The van der Waals surface area contributed by atoms with Crippen molar-refractivity contribution in [3.8, 4) is 5.75 Å². The van der Waals surface area contributed by atoms with Gasteiger partial charge in [0.2, 0.25) is 10.0 Å². The summed E-state index contributed by atoms with van der Waals surface area (Å²) in [6.07, 6.45) is 1.71. The topological polar surface area (TPSA) is 86.1 Å². The van der Waals surface area contributed by atoms with E-state index in [2.05, 4.69) is 28.5 Å². The Kier molecular flexibility index (Phi) is 6.76. The summed E-state index contributed by atoms with van der Waals surface area (Å²) in [4.78, 5) is 9.35. The van der Waals surface area contributed by atoms with Gasteiger partial charge in [-0.15, -0.1) is 0 Å². The van der Waals surface area contributed by atoms with Crippen LogP contribution in [-0.2, 0) is 23.1 Å². The fourth-order valence-corrected chi connectivity index (χ4v) is 4.60. The molecular weight excluding hydrogens is 436 g/mol. The summed E-state index contributed by atoms with van der Waals surface area (Å²) < 4.78 is 35.9. The van der Waals surface area contributed by atoms with E-state index in [-0.39, 0.29) is 11.4 Å². The van der Waals surface area contributed by atoms with E-state index in [4.69, 9.17) is 4.74 Å². The lowest BCUT2D eigenvalue weighted by molar-refractivity contribution is 0.340. The molecule has 1 N–H and O–H groups in total. The average Bonchev–Trinajstić information content (AvgIpc) is 3.17. The molecule has 0 fully saturated rings. The normalized spacial score (nSPS) is 11.9. The van der Waals surface area contributed by atoms with Gasteiger partial charge in [0.15, 0.2) is 5.65 Å². The molecule has 0 amide bonds. The van der Waals surface area contributed by atoms with Gasteiger partial charge in [0.05, 0.1) is 24.6 Å². The standard InChI is InChI=1S/C25H28N4O3S/c1-4-32-21-11-7-19(8-12-21)17-29-24(28-23-6-5-15-26-25(23)29)16-27-33(30,31)22-13-9-20(10-14-22)18(2)3/h5-15,18,27H,4,16-17H2,1-3H3. The lowest BCUT2D eigenvalue weighted by Gasteiger charge is -2.12. The van der Waals surface area contributed by atoms with E-state index in [1.807, 2.05) is 60.0 Å². The minimum atomic E-state index is -3.68. The highest BCUT2D eigenvalue weighted by atomic mass is 32.2. The Morgan fingerprint density at radius 3 is 2.42 bits per heavy atom. The van der Waals surface area contributed by atoms with Crippen LogP contribution >= 0.6 is 0 Å². The van der Waals surface area contributed by atoms with Gasteiger partial charge in [-0.2, -0.15) is 0 Å². The molecule has 2 aromatic heterocycles. The van der Waals surface area contributed by atoms with Crippen molar-refractivity contribution in [1.29, 1.82) is 0 Å². The van der Waals surface area contributed by atoms with Crippen LogP contribution in [0.25, 0.3) is 11.2 Å². The summed E-state index contributed by atoms with van der Waals surface area (Å²) in [5.41, 5.74) is 3.56. The zero-order chi connectivity index (χ0) is 23.4. The molecule has 8 heteroatoms. The molecule has 0 spiro atoms. The van der Waals surface area contributed by atoms with Crippen LogP contribution in [0.2, 0.25) is 0 Å². The van der Waals surface area contributed by atoms with Crippen LogP contribution in [0.15, 0.2) is 71.8 Å². The third kappa shape index (κ3) is 5.23. The van der Waals surface area contributed by atoms with Gasteiger partial charge in [-0.1, -0.05) is 38.1 Å². The van der Waals surface area contributed by atoms with Crippen LogP contribution in [0.5, 0.6) is 5.75 Å². The molecule has 0 saturated heterocycles. The predicted molar refractivity (Wildman–Crippen MR) is 129 cm³/mol. The highest BCUT2D eigenvalue weighted by Crippen LogP contribution is 2.20. The molecule has 0 atom stereocenters. The Bertz CT molecular complexity index is 1330. The maximum absolute atomic E-state index is 12.9. The number of ether oxygens (including phenoxy) is 1. The lowest BCUT2D eigenvalue weighted by Crippen LogP contribution is -2.25. The molecule has 0 saturated carbocycles. The molecule has 2 heterocycles. The van der Waals surface area contributed by atoms with Crippen LogP contribution in [-0.4, -0.2) is 29.6 Å². The third-order valence-electron chi connectivity index (χ3n) is 5.44. The van der Waals surface area contributed by atoms with Crippen molar-refractivity contribution in [2.24, 2.45) is 0 Å². The molecule has 0 aliphatic heterocycles. The number of pyridine rings is 1. The molecule has 172 valence electrons. The van der Waals surface area contributed by atoms with Crippen molar-refractivity contribution in [2.45, 2.75) is 44.7 Å². The number of benzene rings is 2. The van der Waals surface area contributed by atoms with Crippen LogP contribution in [0.4, 0.5) is 0 Å². The smallest absolute Gasteiger partial charge is 0.240 e. The molecular formula is C25H28N4O3S. The Hall–Kier alpha value is -3.23. The predicted octanol–water partition coefficient (Wildman–Crippen LogP) is 4.48. The summed E-state index contributed by atoms with van der Waals surface area (Å²) in [5.74, 6) is 1.75. The number of nitrogens with one attached hydrogen (secondary N) is 1. The van der Waals surface area contributed by atoms with Gasteiger partial charge in [0.25, 0.3) is 0 Å². The average molecular weight is 465 g/mol. The second-order valence-electron chi connectivity index (χ2n) is 8.09. The Morgan fingerprint density at radius 1 is 1.03 bits per heavy atom. The first-order chi connectivity index (χ1) is 15.9. The third-order valence-corrected chi connectivity index (χ3v) is 6.85. The largest absolute Gasteiger partial charge is 0.494 e. The van der Waals surface area contributed by atoms with Crippen molar-refractivity contribution in [3.63, 3.8) is 0 Å². The molecule has 0 bridgehead atoms. The van der Waals surface area contributed by atoms with E-state index in [1.54, 1.807) is 18.3 Å². The lowest BCUT2D eigenvalue weighted by atomic mass is 10.0. The van der Waals surface area contributed by atoms with Crippen molar-refractivity contribution in [1.82, 2.24) is 19.3 Å². The van der Waals surface area contributed by atoms with Gasteiger partial charge in [-0.3, -0.25) is 0 Å². The highest BCUT2D eigenvalue weighted by Gasteiger charge is 2.18. The van der Waals surface area contributed by atoms with Gasteiger partial charge >= 0.3 is 0 Å². The molecule has 2 aromatic carbocycles. The Balaban J connectivity index is 1.58. The van der Waals surface area contributed by atoms with E-state index in [0.29, 0.717) is 30.5 Å². The molecule has 0 aliphatic rings. The second kappa shape index (κ2) is 9.72. The number of sulfonamides is 1. The van der Waals surface area contributed by atoms with Gasteiger partial charge in [-0.05, 0) is 60.4 Å². The summed E-state index contributed by atoms with van der Waals surface area (Å²) in [6, 6.07) is 18.5. The zero-order valence-electron chi connectivity index (χ0n) is 19.0. The molecule has 0 radical (unpaired) electrons. The van der Waals surface area contributed by atoms with E-state index in [9.17, 15) is 8.42 Å². The van der Waals surface area contributed by atoms with Crippen LogP contribution < -0.4 is 9.46 Å². The minimum Gasteiger partial charge on any atom is -0.494 e. The molecule has 33 heavy (non-hydrogen) atoms. The highest BCUT2D eigenvalue weighted by molar-refractivity contribution is 7.89. The number of nitrogens with zero attached hydrogens (tertiary/aromatic N) is 3. The maximum Gasteiger partial charge on any atom is 0.240 e. The first kappa shape index (κ1) is 22.9. The van der Waals surface area contributed by atoms with Gasteiger partial charge in [0, 0.05) is 6.20 Å². The van der Waals surface area contributed by atoms with Crippen molar-refractivity contribution in [2.75, 3.05) is 6.61 Å². The zero-order valence-corrected chi connectivity index (χ0v) is 19.8. The van der Waals surface area contributed by atoms with Gasteiger partial charge in [-0.25, -0.2) is 23.1 Å². The molecule has 4 aromatic rings. The summed E-state index contributed by atoms with van der Waals surface area (Å²) in [5, 5.41) is 0. The van der Waals surface area contributed by atoms with E-state index in [0.717, 1.165) is 22.4 Å². The number of imidazole rings is 1. The number of rotatable bonds is 9. The van der Waals surface area contributed by atoms with E-state index in [1.165, 1.54) is 0 Å². The van der Waals surface area contributed by atoms with E-state index >= 15 is 0 Å². The van der Waals surface area contributed by atoms with Crippen molar-refractivity contribution < 1.29 is 13.2 Å². The number of hydrogen-bond acceptors (Lipinski definition) is 5. The van der Waals surface area contributed by atoms with Crippen molar-refractivity contribution in [3.05, 3.63) is 83.8 Å². The number of fused-ring (bicyclic) bond motifs is 1. The number of aromatic nitrogens is 3. The summed E-state index contributed by atoms with van der Waals surface area (Å²) >= 11 is 0. The minimum absolute atomic E-state index is 0.0572. The SMILES string of the molecule is CCOc1ccc(Cn2c(CNS(=O)(=O)c3ccc(C(C)C)cc3)nc3cccnc32)cc1. The monoisotopic (exact) mass is 464 g/mol. The fourth-order valence-electron chi connectivity index (χ4n) is 3.62. The van der Waals surface area contributed by atoms with Gasteiger partial charge < -0.3 is 9.30 Å². The number of hydrogen-bond donors (Lipinski definition) is 1.